The molecule has 2 heterocycles. The summed E-state index contributed by atoms with van der Waals surface area (Å²) >= 11 is 3.17. The zero-order chi connectivity index (χ0) is 10.7. The number of carbonyl (C=O) groups excluding carboxylic acids is 1. The number of carbonyl (C=O) groups is 1. The number of nitrogens with one attached hydrogen (secondary N) is 2. The maximum absolute atomic E-state index is 11.7. The first-order valence-electron chi connectivity index (χ1n) is 5.02. The topological polar surface area (TPSA) is 54.3 Å². The Hall–Kier alpha value is -0.520. The molecule has 6 heteroatoms. The van der Waals surface area contributed by atoms with Gasteiger partial charge >= 0.3 is 0 Å². The van der Waals surface area contributed by atoms with E-state index < -0.39 is 0 Å². The van der Waals surface area contributed by atoms with Crippen LogP contribution in [0.25, 0.3) is 0 Å². The lowest BCUT2D eigenvalue weighted by Gasteiger charge is -2.23. The molecule has 1 amide bonds. The summed E-state index contributed by atoms with van der Waals surface area (Å²) in [7, 11) is 0. The SMILES string of the molecule is Cl.O=C(NC1CCCNC1)c1ccc(Br)o1. The summed E-state index contributed by atoms with van der Waals surface area (Å²) in [4.78, 5) is 11.7. The van der Waals surface area contributed by atoms with E-state index in [1.54, 1.807) is 12.1 Å². The molecule has 0 aromatic carbocycles. The Morgan fingerprint density at radius 1 is 1.56 bits per heavy atom. The van der Waals surface area contributed by atoms with Crippen LogP contribution in [0.4, 0.5) is 0 Å². The van der Waals surface area contributed by atoms with Crippen LogP contribution in [0.1, 0.15) is 23.4 Å². The van der Waals surface area contributed by atoms with Crippen molar-refractivity contribution in [3.8, 4) is 0 Å². The van der Waals surface area contributed by atoms with Gasteiger partial charge < -0.3 is 15.1 Å². The van der Waals surface area contributed by atoms with Gasteiger partial charge in [-0.05, 0) is 47.4 Å². The minimum atomic E-state index is -0.144. The van der Waals surface area contributed by atoms with Gasteiger partial charge in [0.25, 0.3) is 5.91 Å². The van der Waals surface area contributed by atoms with Crippen LogP contribution in [0.5, 0.6) is 0 Å². The van der Waals surface area contributed by atoms with Crippen molar-refractivity contribution in [1.29, 1.82) is 0 Å². The zero-order valence-electron chi connectivity index (χ0n) is 8.66. The number of furan rings is 1. The van der Waals surface area contributed by atoms with E-state index in [4.69, 9.17) is 4.42 Å². The quantitative estimate of drug-likeness (QED) is 0.878. The Labute approximate surface area is 109 Å². The smallest absolute Gasteiger partial charge is 0.287 e. The van der Waals surface area contributed by atoms with E-state index in [9.17, 15) is 4.79 Å². The number of amides is 1. The average Bonchev–Trinajstić information content (AvgIpc) is 2.66. The molecule has 16 heavy (non-hydrogen) atoms. The van der Waals surface area contributed by atoms with Gasteiger partial charge in [-0.15, -0.1) is 12.4 Å². The third-order valence-electron chi connectivity index (χ3n) is 2.43. The Morgan fingerprint density at radius 3 is 2.94 bits per heavy atom. The van der Waals surface area contributed by atoms with Crippen molar-refractivity contribution in [1.82, 2.24) is 10.6 Å². The molecule has 2 rings (SSSR count). The van der Waals surface area contributed by atoms with Crippen LogP contribution >= 0.6 is 28.3 Å². The van der Waals surface area contributed by atoms with Crippen LogP contribution in [0.3, 0.4) is 0 Å². The first-order chi connectivity index (χ1) is 7.25. The summed E-state index contributed by atoms with van der Waals surface area (Å²) in [6.07, 6.45) is 2.13. The lowest BCUT2D eigenvalue weighted by Crippen LogP contribution is -2.45. The summed E-state index contributed by atoms with van der Waals surface area (Å²) in [6, 6.07) is 3.60. The molecule has 0 bridgehead atoms. The highest BCUT2D eigenvalue weighted by Gasteiger charge is 2.17. The molecule has 1 unspecified atom stereocenters. The molecule has 0 aliphatic carbocycles. The molecule has 1 aromatic heterocycles. The highest BCUT2D eigenvalue weighted by atomic mass is 79.9. The number of piperidine rings is 1. The lowest BCUT2D eigenvalue weighted by molar-refractivity contribution is 0.0901. The summed E-state index contributed by atoms with van der Waals surface area (Å²) in [5.41, 5.74) is 0. The van der Waals surface area contributed by atoms with Crippen molar-refractivity contribution in [3.05, 3.63) is 22.6 Å². The molecule has 90 valence electrons. The van der Waals surface area contributed by atoms with E-state index in [0.717, 1.165) is 25.9 Å². The molecular weight excluding hydrogens is 295 g/mol. The third kappa shape index (κ3) is 3.50. The number of hydrogen-bond acceptors (Lipinski definition) is 3. The average molecular weight is 310 g/mol. The van der Waals surface area contributed by atoms with Crippen LogP contribution in [0.15, 0.2) is 21.2 Å². The van der Waals surface area contributed by atoms with E-state index in [-0.39, 0.29) is 24.4 Å². The van der Waals surface area contributed by atoms with Gasteiger partial charge in [0, 0.05) is 12.6 Å². The molecule has 0 spiro atoms. The predicted molar refractivity (Wildman–Crippen MR) is 67.0 cm³/mol. The molecular formula is C10H14BrClN2O2. The monoisotopic (exact) mass is 308 g/mol. The van der Waals surface area contributed by atoms with Crippen LogP contribution in [0, 0.1) is 0 Å². The van der Waals surface area contributed by atoms with Gasteiger partial charge in [-0.1, -0.05) is 0 Å². The lowest BCUT2D eigenvalue weighted by atomic mass is 10.1. The fourth-order valence-electron chi connectivity index (χ4n) is 1.67. The van der Waals surface area contributed by atoms with Crippen molar-refractivity contribution < 1.29 is 9.21 Å². The van der Waals surface area contributed by atoms with E-state index in [1.807, 2.05) is 0 Å². The highest BCUT2D eigenvalue weighted by Crippen LogP contribution is 2.14. The van der Waals surface area contributed by atoms with E-state index in [0.29, 0.717) is 10.4 Å². The molecule has 4 nitrogen and oxygen atoms in total. The maximum atomic E-state index is 11.7. The van der Waals surface area contributed by atoms with E-state index in [1.165, 1.54) is 0 Å². The Morgan fingerprint density at radius 2 is 2.38 bits per heavy atom. The minimum absolute atomic E-state index is 0. The molecule has 1 fully saturated rings. The van der Waals surface area contributed by atoms with E-state index >= 15 is 0 Å². The molecule has 1 atom stereocenters. The second-order valence-corrected chi connectivity index (χ2v) is 4.40. The summed E-state index contributed by atoms with van der Waals surface area (Å²) in [6.45, 7) is 1.88. The molecule has 2 N–H and O–H groups in total. The van der Waals surface area contributed by atoms with Gasteiger partial charge in [-0.3, -0.25) is 4.79 Å². The third-order valence-corrected chi connectivity index (χ3v) is 2.86. The molecule has 1 aliphatic heterocycles. The Balaban J connectivity index is 0.00000128. The van der Waals surface area contributed by atoms with Crippen molar-refractivity contribution in [2.75, 3.05) is 13.1 Å². The van der Waals surface area contributed by atoms with Gasteiger partial charge in [0.15, 0.2) is 10.4 Å². The first-order valence-corrected chi connectivity index (χ1v) is 5.82. The van der Waals surface area contributed by atoms with E-state index in [2.05, 4.69) is 26.6 Å². The largest absolute Gasteiger partial charge is 0.444 e. The molecule has 0 saturated carbocycles. The van der Waals surface area contributed by atoms with Gasteiger partial charge in [0.05, 0.1) is 0 Å². The van der Waals surface area contributed by atoms with Crippen LogP contribution < -0.4 is 10.6 Å². The Kier molecular flexibility index (Phi) is 5.31. The predicted octanol–water partition coefficient (Wildman–Crippen LogP) is 1.95. The van der Waals surface area contributed by atoms with Crippen molar-refractivity contribution in [2.45, 2.75) is 18.9 Å². The van der Waals surface area contributed by atoms with Gasteiger partial charge in [-0.2, -0.15) is 0 Å². The van der Waals surface area contributed by atoms with Crippen LogP contribution in [-0.2, 0) is 0 Å². The fourth-order valence-corrected chi connectivity index (χ4v) is 1.97. The minimum Gasteiger partial charge on any atom is -0.444 e. The molecule has 1 aromatic rings. The summed E-state index contributed by atoms with van der Waals surface area (Å²) < 4.78 is 5.75. The summed E-state index contributed by atoms with van der Waals surface area (Å²) in [5, 5.41) is 6.17. The van der Waals surface area contributed by atoms with Gasteiger partial charge in [0.1, 0.15) is 0 Å². The van der Waals surface area contributed by atoms with Crippen LogP contribution in [0.2, 0.25) is 0 Å². The van der Waals surface area contributed by atoms with Crippen LogP contribution in [-0.4, -0.2) is 25.0 Å². The molecule has 0 radical (unpaired) electrons. The normalized spacial score (nSPS) is 19.9. The van der Waals surface area contributed by atoms with Crippen molar-refractivity contribution in [3.63, 3.8) is 0 Å². The number of rotatable bonds is 2. The Bertz CT molecular complexity index is 350. The highest BCUT2D eigenvalue weighted by molar-refractivity contribution is 9.10. The van der Waals surface area contributed by atoms with Crippen molar-refractivity contribution in [2.24, 2.45) is 0 Å². The molecule has 1 aliphatic rings. The zero-order valence-corrected chi connectivity index (χ0v) is 11.1. The summed E-state index contributed by atoms with van der Waals surface area (Å²) in [5.74, 6) is 0.210. The van der Waals surface area contributed by atoms with Gasteiger partial charge in [0.2, 0.25) is 0 Å². The fraction of sp³-hybridized carbons (Fsp3) is 0.500. The standard InChI is InChI=1S/C10H13BrN2O2.ClH/c11-9-4-3-8(15-9)10(14)13-7-2-1-5-12-6-7;/h3-4,7,12H,1-2,5-6H2,(H,13,14);1H. The van der Waals surface area contributed by atoms with Crippen molar-refractivity contribution >= 4 is 34.2 Å². The number of hydrogen-bond donors (Lipinski definition) is 2. The van der Waals surface area contributed by atoms with Gasteiger partial charge in [-0.25, -0.2) is 0 Å². The molecule has 1 saturated heterocycles. The number of halogens is 2. The maximum Gasteiger partial charge on any atom is 0.287 e. The second-order valence-electron chi connectivity index (χ2n) is 3.62. The second kappa shape index (κ2) is 6.27. The first kappa shape index (κ1) is 13.5.